The van der Waals surface area contributed by atoms with E-state index in [4.69, 9.17) is 12.2 Å². The molecular formula is C11H18N2OS3. The van der Waals surface area contributed by atoms with Gasteiger partial charge in [0, 0.05) is 6.54 Å². The molecule has 0 aromatic heterocycles. The summed E-state index contributed by atoms with van der Waals surface area (Å²) < 4.78 is 0. The predicted molar refractivity (Wildman–Crippen MR) is 81.5 cm³/mol. The summed E-state index contributed by atoms with van der Waals surface area (Å²) in [7, 11) is 0. The van der Waals surface area contributed by atoms with Crippen molar-refractivity contribution in [3.8, 4) is 0 Å². The molecule has 1 atom stereocenters. The summed E-state index contributed by atoms with van der Waals surface area (Å²) in [5.74, 6) is 1.10. The Morgan fingerprint density at radius 2 is 2.29 bits per heavy atom. The molecule has 3 nitrogen and oxygen atoms in total. The topological polar surface area (TPSA) is 32.3 Å². The van der Waals surface area contributed by atoms with Gasteiger partial charge >= 0.3 is 0 Å². The number of thioether (sulfide) groups is 2. The van der Waals surface area contributed by atoms with E-state index >= 15 is 0 Å². The first-order valence-corrected chi connectivity index (χ1v) is 8.58. The van der Waals surface area contributed by atoms with E-state index in [0.717, 1.165) is 18.6 Å². The first kappa shape index (κ1) is 14.9. The summed E-state index contributed by atoms with van der Waals surface area (Å²) in [4.78, 5) is 13.7. The molecule has 0 aromatic carbocycles. The molecule has 1 N–H and O–H groups in total. The summed E-state index contributed by atoms with van der Waals surface area (Å²) in [5, 5.41) is 5.71. The third-order valence-electron chi connectivity index (χ3n) is 2.47. The monoisotopic (exact) mass is 290 g/mol. The van der Waals surface area contributed by atoms with Crippen LogP contribution in [0.25, 0.3) is 0 Å². The maximum atomic E-state index is 12.0. The molecule has 1 heterocycles. The lowest BCUT2D eigenvalue weighted by molar-refractivity contribution is -0.127. The van der Waals surface area contributed by atoms with Crippen molar-refractivity contribution in [1.82, 2.24) is 10.2 Å². The smallest absolute Gasteiger partial charge is 0.251 e. The van der Waals surface area contributed by atoms with Crippen molar-refractivity contribution in [3.05, 3.63) is 11.5 Å². The highest BCUT2D eigenvalue weighted by molar-refractivity contribution is 8.01. The van der Waals surface area contributed by atoms with E-state index in [2.05, 4.69) is 11.4 Å². The highest BCUT2D eigenvalue weighted by atomic mass is 32.2. The third-order valence-corrected chi connectivity index (χ3v) is 3.92. The summed E-state index contributed by atoms with van der Waals surface area (Å²) in [6, 6.07) is -0.112. The van der Waals surface area contributed by atoms with Crippen LogP contribution in [0.2, 0.25) is 0 Å². The van der Waals surface area contributed by atoms with Crippen molar-refractivity contribution in [3.63, 3.8) is 0 Å². The second-order valence-corrected chi connectivity index (χ2v) is 5.79. The second kappa shape index (κ2) is 8.00. The first-order valence-electron chi connectivity index (χ1n) is 5.49. The number of carbonyl (C=O) groups excluding carboxylic acids is 1. The largest absolute Gasteiger partial charge is 0.350 e. The average molecular weight is 290 g/mol. The van der Waals surface area contributed by atoms with Gasteiger partial charge < -0.3 is 5.32 Å². The molecule has 1 rings (SSSR count). The van der Waals surface area contributed by atoms with Gasteiger partial charge in [0.25, 0.3) is 5.91 Å². The SMILES string of the molecule is CS/C=C/CCN1C(=O)C(CCSC)NC1=S. The van der Waals surface area contributed by atoms with Gasteiger partial charge in [0.1, 0.15) is 6.04 Å². The number of carbonyl (C=O) groups is 1. The number of amides is 1. The average Bonchev–Trinajstić information content (AvgIpc) is 2.58. The van der Waals surface area contributed by atoms with Crippen LogP contribution in [0.15, 0.2) is 11.5 Å². The Bertz CT molecular complexity index is 307. The molecule has 0 saturated carbocycles. The molecule has 96 valence electrons. The van der Waals surface area contributed by atoms with Gasteiger partial charge in [-0.15, -0.1) is 11.8 Å². The van der Waals surface area contributed by atoms with Gasteiger partial charge in [-0.2, -0.15) is 11.8 Å². The van der Waals surface area contributed by atoms with E-state index in [0.29, 0.717) is 11.7 Å². The minimum Gasteiger partial charge on any atom is -0.350 e. The van der Waals surface area contributed by atoms with E-state index in [1.165, 1.54) is 0 Å². The van der Waals surface area contributed by atoms with E-state index < -0.39 is 0 Å². The zero-order valence-corrected chi connectivity index (χ0v) is 12.6. The molecule has 0 bridgehead atoms. The molecule has 1 aliphatic rings. The summed E-state index contributed by atoms with van der Waals surface area (Å²) in [6.45, 7) is 0.678. The Kier molecular flexibility index (Phi) is 6.99. The van der Waals surface area contributed by atoms with Gasteiger partial charge in [-0.25, -0.2) is 0 Å². The van der Waals surface area contributed by atoms with Crippen LogP contribution < -0.4 is 5.32 Å². The van der Waals surface area contributed by atoms with Crippen LogP contribution in [0.3, 0.4) is 0 Å². The van der Waals surface area contributed by atoms with E-state index in [-0.39, 0.29) is 11.9 Å². The molecule has 6 heteroatoms. The number of hydrogen-bond acceptors (Lipinski definition) is 4. The molecule has 0 aromatic rings. The third kappa shape index (κ3) is 4.52. The van der Waals surface area contributed by atoms with Crippen molar-refractivity contribution in [2.24, 2.45) is 0 Å². The summed E-state index contributed by atoms with van der Waals surface area (Å²) >= 11 is 8.59. The number of rotatable bonds is 7. The van der Waals surface area contributed by atoms with Gasteiger partial charge in [0.15, 0.2) is 5.11 Å². The Morgan fingerprint density at radius 3 is 2.94 bits per heavy atom. The summed E-state index contributed by atoms with van der Waals surface area (Å²) in [5.41, 5.74) is 0. The molecular weight excluding hydrogens is 272 g/mol. The lowest BCUT2D eigenvalue weighted by Crippen LogP contribution is -2.32. The fraction of sp³-hybridized carbons (Fsp3) is 0.636. The zero-order chi connectivity index (χ0) is 12.7. The molecule has 0 spiro atoms. The molecule has 1 unspecified atom stereocenters. The number of thiocarbonyl (C=S) groups is 1. The van der Waals surface area contributed by atoms with E-state index in [9.17, 15) is 4.79 Å². The van der Waals surface area contributed by atoms with Crippen LogP contribution in [0, 0.1) is 0 Å². The van der Waals surface area contributed by atoms with Crippen molar-refractivity contribution >= 4 is 46.8 Å². The molecule has 0 radical (unpaired) electrons. The maximum absolute atomic E-state index is 12.0. The van der Waals surface area contributed by atoms with Gasteiger partial charge in [-0.05, 0) is 48.7 Å². The Hall–Kier alpha value is -0.200. The van der Waals surface area contributed by atoms with Crippen LogP contribution in [0.5, 0.6) is 0 Å². The molecule has 17 heavy (non-hydrogen) atoms. The second-order valence-electron chi connectivity index (χ2n) is 3.67. The van der Waals surface area contributed by atoms with Crippen LogP contribution in [0.4, 0.5) is 0 Å². The molecule has 1 saturated heterocycles. The van der Waals surface area contributed by atoms with Gasteiger partial charge in [0.05, 0.1) is 0 Å². The fourth-order valence-electron chi connectivity index (χ4n) is 1.59. The Balaban J connectivity index is 2.42. The van der Waals surface area contributed by atoms with Crippen LogP contribution in [-0.2, 0) is 4.79 Å². The normalized spacial score (nSPS) is 20.4. The highest BCUT2D eigenvalue weighted by Gasteiger charge is 2.33. The molecule has 1 fully saturated rings. The lowest BCUT2D eigenvalue weighted by Gasteiger charge is -2.13. The number of nitrogens with one attached hydrogen (secondary N) is 1. The van der Waals surface area contributed by atoms with Crippen molar-refractivity contribution in [1.29, 1.82) is 0 Å². The molecule has 0 aliphatic carbocycles. The van der Waals surface area contributed by atoms with Crippen molar-refractivity contribution in [2.75, 3.05) is 24.8 Å². The van der Waals surface area contributed by atoms with Crippen molar-refractivity contribution < 1.29 is 4.79 Å². The molecule has 1 amide bonds. The number of hydrogen-bond donors (Lipinski definition) is 1. The standard InChI is InChI=1S/C11H18N2OS3/c1-16-7-4-3-6-13-10(14)9(5-8-17-2)12-11(13)15/h4,7,9H,3,5-6,8H2,1-2H3,(H,12,15)/b7-4+. The maximum Gasteiger partial charge on any atom is 0.251 e. The fourth-order valence-corrected chi connectivity index (χ4v) is 2.71. The van der Waals surface area contributed by atoms with Crippen LogP contribution >= 0.6 is 35.7 Å². The lowest BCUT2D eigenvalue weighted by atomic mass is 10.2. The van der Waals surface area contributed by atoms with Crippen LogP contribution in [-0.4, -0.2) is 46.8 Å². The van der Waals surface area contributed by atoms with Gasteiger partial charge in [-0.1, -0.05) is 6.08 Å². The first-order chi connectivity index (χ1) is 8.20. The minimum atomic E-state index is -0.112. The van der Waals surface area contributed by atoms with Crippen LogP contribution in [0.1, 0.15) is 12.8 Å². The Morgan fingerprint density at radius 1 is 1.53 bits per heavy atom. The van der Waals surface area contributed by atoms with E-state index in [1.54, 1.807) is 28.4 Å². The molecule has 1 aliphatic heterocycles. The quantitative estimate of drug-likeness (QED) is 0.726. The number of nitrogens with zero attached hydrogens (tertiary/aromatic N) is 1. The van der Waals surface area contributed by atoms with E-state index in [1.807, 2.05) is 17.9 Å². The van der Waals surface area contributed by atoms with Gasteiger partial charge in [0.2, 0.25) is 0 Å². The Labute approximate surface area is 117 Å². The minimum absolute atomic E-state index is 0.112. The predicted octanol–water partition coefficient (Wildman–Crippen LogP) is 2.09. The zero-order valence-electron chi connectivity index (χ0n) is 10.1. The van der Waals surface area contributed by atoms with Crippen molar-refractivity contribution in [2.45, 2.75) is 18.9 Å². The van der Waals surface area contributed by atoms with Gasteiger partial charge in [-0.3, -0.25) is 9.69 Å². The highest BCUT2D eigenvalue weighted by Crippen LogP contribution is 2.12. The summed E-state index contributed by atoms with van der Waals surface area (Å²) in [6.07, 6.45) is 7.82.